The van der Waals surface area contributed by atoms with E-state index in [4.69, 9.17) is 16.4 Å². The number of amides is 1. The van der Waals surface area contributed by atoms with Gasteiger partial charge in [-0.1, -0.05) is 25.4 Å². The van der Waals surface area contributed by atoms with Crippen LogP contribution in [-0.2, 0) is 4.84 Å². The smallest absolute Gasteiger partial charge is 0.277 e. The van der Waals surface area contributed by atoms with Gasteiger partial charge in [-0.05, 0) is 71.7 Å². The number of nitrogens with one attached hydrogen (secondary N) is 2. The topological polar surface area (TPSA) is 70.6 Å². The van der Waals surface area contributed by atoms with E-state index in [1.54, 1.807) is 19.1 Å². The maximum atomic E-state index is 14.6. The highest BCUT2D eigenvalue weighted by atomic mass is 127. The van der Waals surface area contributed by atoms with Crippen LogP contribution < -0.4 is 10.8 Å². The summed E-state index contributed by atoms with van der Waals surface area (Å²) in [6.07, 6.45) is -0.276. The van der Waals surface area contributed by atoms with Gasteiger partial charge in [-0.2, -0.15) is 0 Å². The van der Waals surface area contributed by atoms with Crippen molar-refractivity contribution in [3.05, 3.63) is 55.6 Å². The third kappa shape index (κ3) is 6.50. The van der Waals surface area contributed by atoms with E-state index in [-0.39, 0.29) is 23.8 Å². The van der Waals surface area contributed by atoms with Gasteiger partial charge in [0, 0.05) is 9.26 Å². The van der Waals surface area contributed by atoms with Gasteiger partial charge in [0.05, 0.1) is 22.4 Å². The Morgan fingerprint density at radius 1 is 1.28 bits per heavy atom. The standard InChI is InChI=1S/C20H22ClF2IN2O3/c1-10(2)6-13(27)9-29-26-20(28)14-8-15(21)17(22)18(23)19(14)25-16-5-4-12(24)7-11(16)3/h4-5,7-8,10,13,25,27H,6,9H2,1-3H3,(H,26,28). The summed E-state index contributed by atoms with van der Waals surface area (Å²) in [5.74, 6) is -3.11. The molecule has 0 aromatic heterocycles. The number of carbonyl (C=O) groups is 1. The van der Waals surface area contributed by atoms with Crippen molar-refractivity contribution in [1.82, 2.24) is 5.48 Å². The van der Waals surface area contributed by atoms with Crippen molar-refractivity contribution in [1.29, 1.82) is 0 Å². The molecule has 5 nitrogen and oxygen atoms in total. The number of carbonyl (C=O) groups excluding carboxylic acids is 1. The molecule has 0 saturated heterocycles. The second kappa shape index (κ2) is 10.5. The summed E-state index contributed by atoms with van der Waals surface area (Å²) in [6.45, 7) is 5.54. The van der Waals surface area contributed by atoms with Crippen molar-refractivity contribution < 1.29 is 23.5 Å². The maximum absolute atomic E-state index is 14.6. The van der Waals surface area contributed by atoms with Crippen molar-refractivity contribution in [2.75, 3.05) is 11.9 Å². The predicted molar refractivity (Wildman–Crippen MR) is 117 cm³/mol. The lowest BCUT2D eigenvalue weighted by Crippen LogP contribution is -2.29. The highest BCUT2D eigenvalue weighted by Crippen LogP contribution is 2.32. The van der Waals surface area contributed by atoms with Crippen LogP contribution in [0.4, 0.5) is 20.2 Å². The van der Waals surface area contributed by atoms with E-state index in [2.05, 4.69) is 33.4 Å². The van der Waals surface area contributed by atoms with Crippen molar-refractivity contribution >= 4 is 51.5 Å². The van der Waals surface area contributed by atoms with Gasteiger partial charge in [0.1, 0.15) is 6.61 Å². The van der Waals surface area contributed by atoms with Gasteiger partial charge < -0.3 is 10.4 Å². The first kappa shape index (κ1) is 23.8. The number of hydrogen-bond donors (Lipinski definition) is 3. The Bertz CT molecular complexity index is 897. The van der Waals surface area contributed by atoms with E-state index >= 15 is 0 Å². The largest absolute Gasteiger partial charge is 0.391 e. The number of halogens is 4. The van der Waals surface area contributed by atoms with E-state index in [0.717, 1.165) is 15.2 Å². The Hall–Kier alpha value is -1.49. The van der Waals surface area contributed by atoms with Gasteiger partial charge in [0.15, 0.2) is 11.6 Å². The summed E-state index contributed by atoms with van der Waals surface area (Å²) in [5, 5.41) is 12.0. The average Bonchev–Trinajstić information content (AvgIpc) is 2.63. The Morgan fingerprint density at radius 3 is 2.59 bits per heavy atom. The van der Waals surface area contributed by atoms with E-state index in [1.165, 1.54) is 0 Å². The quantitative estimate of drug-likeness (QED) is 0.241. The molecule has 0 aliphatic carbocycles. The molecule has 158 valence electrons. The van der Waals surface area contributed by atoms with Gasteiger partial charge in [-0.3, -0.25) is 9.63 Å². The minimum absolute atomic E-state index is 0.139. The molecular weight excluding hydrogens is 517 g/mol. The Balaban J connectivity index is 2.25. The van der Waals surface area contributed by atoms with E-state index in [1.807, 2.05) is 19.9 Å². The number of anilines is 2. The van der Waals surface area contributed by atoms with Crippen molar-refractivity contribution in [3.63, 3.8) is 0 Å². The fourth-order valence-corrected chi connectivity index (χ4v) is 3.51. The lowest BCUT2D eigenvalue weighted by Gasteiger charge is -2.17. The highest BCUT2D eigenvalue weighted by molar-refractivity contribution is 14.1. The lowest BCUT2D eigenvalue weighted by atomic mass is 10.1. The minimum atomic E-state index is -1.28. The van der Waals surface area contributed by atoms with Crippen molar-refractivity contribution in [2.24, 2.45) is 5.92 Å². The number of aliphatic hydroxyl groups is 1. The summed E-state index contributed by atoms with van der Waals surface area (Å²) in [5.41, 5.74) is 2.84. The van der Waals surface area contributed by atoms with E-state index in [9.17, 15) is 18.7 Å². The lowest BCUT2D eigenvalue weighted by molar-refractivity contribution is -0.0181. The monoisotopic (exact) mass is 538 g/mol. The van der Waals surface area contributed by atoms with Crippen LogP contribution in [0.2, 0.25) is 5.02 Å². The first-order chi connectivity index (χ1) is 13.6. The molecule has 0 heterocycles. The molecular formula is C20H22ClF2IN2O3. The fourth-order valence-electron chi connectivity index (χ4n) is 2.67. The molecule has 2 aromatic rings. The molecule has 0 spiro atoms. The maximum Gasteiger partial charge on any atom is 0.277 e. The molecule has 0 aliphatic heterocycles. The zero-order valence-corrected chi connectivity index (χ0v) is 19.1. The molecule has 1 unspecified atom stereocenters. The number of hydrogen-bond acceptors (Lipinski definition) is 4. The first-order valence-electron chi connectivity index (χ1n) is 8.91. The fraction of sp³-hybridized carbons (Fsp3) is 0.350. The van der Waals surface area contributed by atoms with Crippen LogP contribution in [-0.4, -0.2) is 23.7 Å². The second-order valence-electron chi connectivity index (χ2n) is 7.02. The van der Waals surface area contributed by atoms with Crippen LogP contribution in [0.3, 0.4) is 0 Å². The van der Waals surface area contributed by atoms with Crippen molar-refractivity contribution in [2.45, 2.75) is 33.3 Å². The molecule has 3 N–H and O–H groups in total. The van der Waals surface area contributed by atoms with Crippen LogP contribution in [0.1, 0.15) is 36.2 Å². The Kier molecular flexibility index (Phi) is 8.62. The van der Waals surface area contributed by atoms with Gasteiger partial charge >= 0.3 is 0 Å². The predicted octanol–water partition coefficient (Wildman–Crippen LogP) is 5.34. The highest BCUT2D eigenvalue weighted by Gasteiger charge is 2.23. The van der Waals surface area contributed by atoms with Crippen molar-refractivity contribution in [3.8, 4) is 0 Å². The van der Waals surface area contributed by atoms with E-state index in [0.29, 0.717) is 12.1 Å². The number of benzene rings is 2. The molecule has 0 saturated carbocycles. The average molecular weight is 539 g/mol. The number of aliphatic hydroxyl groups excluding tert-OH is 1. The number of rotatable bonds is 8. The molecule has 0 fully saturated rings. The number of hydroxylamine groups is 1. The summed E-state index contributed by atoms with van der Waals surface area (Å²) < 4.78 is 29.6. The molecule has 29 heavy (non-hydrogen) atoms. The van der Waals surface area contributed by atoms with Gasteiger partial charge in [0.2, 0.25) is 0 Å². The van der Waals surface area contributed by atoms with Gasteiger partial charge in [-0.15, -0.1) is 0 Å². The van der Waals surface area contributed by atoms with Crippen LogP contribution in [0, 0.1) is 28.0 Å². The summed E-state index contributed by atoms with van der Waals surface area (Å²) in [7, 11) is 0. The summed E-state index contributed by atoms with van der Waals surface area (Å²) in [6, 6.07) is 6.36. The van der Waals surface area contributed by atoms with Gasteiger partial charge in [0.25, 0.3) is 5.91 Å². The SMILES string of the molecule is Cc1cc(I)ccc1Nc1c(C(=O)NOCC(O)CC(C)C)cc(Cl)c(F)c1F. The van der Waals surface area contributed by atoms with E-state index < -0.39 is 28.7 Å². The van der Waals surface area contributed by atoms with Crippen LogP contribution in [0.5, 0.6) is 0 Å². The summed E-state index contributed by atoms with van der Waals surface area (Å²) >= 11 is 7.86. The third-order valence-corrected chi connectivity index (χ3v) is 4.99. The Labute approximate surface area is 186 Å². The molecule has 0 aliphatic rings. The molecule has 1 atom stereocenters. The molecule has 2 aromatic carbocycles. The second-order valence-corrected chi connectivity index (χ2v) is 8.67. The summed E-state index contributed by atoms with van der Waals surface area (Å²) in [4.78, 5) is 17.5. The Morgan fingerprint density at radius 2 is 1.97 bits per heavy atom. The molecule has 2 rings (SSSR count). The number of aryl methyl sites for hydroxylation is 1. The third-order valence-electron chi connectivity index (χ3n) is 4.04. The van der Waals surface area contributed by atoms with Crippen LogP contribution >= 0.6 is 34.2 Å². The zero-order valence-electron chi connectivity index (χ0n) is 16.2. The molecule has 1 amide bonds. The first-order valence-corrected chi connectivity index (χ1v) is 10.4. The molecule has 0 radical (unpaired) electrons. The van der Waals surface area contributed by atoms with Crippen LogP contribution in [0.25, 0.3) is 0 Å². The minimum Gasteiger partial charge on any atom is -0.391 e. The zero-order chi connectivity index (χ0) is 21.7. The van der Waals surface area contributed by atoms with Crippen LogP contribution in [0.15, 0.2) is 24.3 Å². The van der Waals surface area contributed by atoms with Gasteiger partial charge in [-0.25, -0.2) is 14.3 Å². The molecule has 9 heteroatoms. The normalized spacial score (nSPS) is 12.2. The molecule has 0 bridgehead atoms.